The molecule has 1 heterocycles. The normalized spacial score (nSPS) is 14.1. The van der Waals surface area contributed by atoms with E-state index in [1.165, 1.54) is 4.31 Å². The summed E-state index contributed by atoms with van der Waals surface area (Å²) in [6.07, 6.45) is 0. The zero-order chi connectivity index (χ0) is 25.7. The van der Waals surface area contributed by atoms with Gasteiger partial charge in [-0.3, -0.25) is 9.10 Å². The van der Waals surface area contributed by atoms with Gasteiger partial charge in [0.1, 0.15) is 6.54 Å². The Bertz CT molecular complexity index is 1270. The molecule has 8 heteroatoms. The maximum absolute atomic E-state index is 13.6. The van der Waals surface area contributed by atoms with Gasteiger partial charge in [0, 0.05) is 24.5 Å². The van der Waals surface area contributed by atoms with Crippen molar-refractivity contribution >= 4 is 33.0 Å². The first-order valence-corrected chi connectivity index (χ1v) is 13.6. The van der Waals surface area contributed by atoms with Crippen molar-refractivity contribution in [2.45, 2.75) is 31.6 Å². The van der Waals surface area contributed by atoms with Gasteiger partial charge in [0.15, 0.2) is 0 Å². The van der Waals surface area contributed by atoms with E-state index in [2.05, 4.69) is 24.1 Å². The Balaban J connectivity index is 1.55. The predicted molar refractivity (Wildman–Crippen MR) is 144 cm³/mol. The van der Waals surface area contributed by atoms with Crippen LogP contribution in [0.4, 0.5) is 17.1 Å². The number of morpholine rings is 1. The number of carbonyl (C=O) groups is 1. The van der Waals surface area contributed by atoms with Crippen molar-refractivity contribution in [2.24, 2.45) is 0 Å². The maximum Gasteiger partial charge on any atom is 0.264 e. The minimum Gasteiger partial charge on any atom is -0.378 e. The molecule has 3 aromatic rings. The largest absolute Gasteiger partial charge is 0.378 e. The van der Waals surface area contributed by atoms with Gasteiger partial charge in [-0.05, 0) is 66.9 Å². The monoisotopic (exact) mass is 507 g/mol. The third-order valence-electron chi connectivity index (χ3n) is 6.27. The molecule has 3 aromatic carbocycles. The van der Waals surface area contributed by atoms with E-state index in [0.29, 0.717) is 30.5 Å². The van der Waals surface area contributed by atoms with Crippen molar-refractivity contribution in [1.29, 1.82) is 0 Å². The van der Waals surface area contributed by atoms with Gasteiger partial charge in [0.05, 0.1) is 23.8 Å². The quantitative estimate of drug-likeness (QED) is 0.474. The van der Waals surface area contributed by atoms with E-state index in [9.17, 15) is 13.2 Å². The van der Waals surface area contributed by atoms with Crippen LogP contribution in [0.15, 0.2) is 77.7 Å². The summed E-state index contributed by atoms with van der Waals surface area (Å²) in [6.45, 7) is 8.75. The number of aryl methyl sites for hydroxylation is 1. The van der Waals surface area contributed by atoms with E-state index in [1.807, 2.05) is 43.3 Å². The highest BCUT2D eigenvalue weighted by Crippen LogP contribution is 2.26. The molecule has 1 aliphatic rings. The molecule has 1 saturated heterocycles. The molecular formula is C28H33N3O4S. The summed E-state index contributed by atoms with van der Waals surface area (Å²) >= 11 is 0. The molecule has 0 radical (unpaired) electrons. The Labute approximate surface area is 213 Å². The van der Waals surface area contributed by atoms with Crippen molar-refractivity contribution in [1.82, 2.24) is 0 Å². The molecule has 7 nitrogen and oxygen atoms in total. The smallest absolute Gasteiger partial charge is 0.264 e. The summed E-state index contributed by atoms with van der Waals surface area (Å²) in [6, 6.07) is 21.5. The fraction of sp³-hybridized carbons (Fsp3) is 0.321. The number of rotatable bonds is 8. The lowest BCUT2D eigenvalue weighted by Crippen LogP contribution is -2.38. The zero-order valence-electron chi connectivity index (χ0n) is 21.0. The SMILES string of the molecule is Cc1ccc(S(=O)(=O)N(CC(=O)Nc2ccc(N3CCOCC3)cc2)c2ccc(C(C)C)cc2)cc1. The molecule has 0 unspecified atom stereocenters. The molecule has 0 spiro atoms. The number of carbonyl (C=O) groups excluding carboxylic acids is 1. The summed E-state index contributed by atoms with van der Waals surface area (Å²) in [5, 5.41) is 2.85. The van der Waals surface area contributed by atoms with Crippen LogP contribution in [0.2, 0.25) is 0 Å². The summed E-state index contributed by atoms with van der Waals surface area (Å²) in [5.41, 5.74) is 4.17. The van der Waals surface area contributed by atoms with Crippen LogP contribution in [0.25, 0.3) is 0 Å². The molecule has 0 aliphatic carbocycles. The maximum atomic E-state index is 13.6. The molecule has 0 bridgehead atoms. The number of hydrogen-bond acceptors (Lipinski definition) is 5. The number of amides is 1. The predicted octanol–water partition coefficient (Wildman–Crippen LogP) is 4.79. The van der Waals surface area contributed by atoms with Crippen LogP contribution >= 0.6 is 0 Å². The number of anilines is 3. The molecule has 4 rings (SSSR count). The second-order valence-electron chi connectivity index (χ2n) is 9.27. The summed E-state index contributed by atoms with van der Waals surface area (Å²) in [7, 11) is -3.96. The van der Waals surface area contributed by atoms with Gasteiger partial charge < -0.3 is 15.0 Å². The van der Waals surface area contributed by atoms with Gasteiger partial charge in [0.25, 0.3) is 10.0 Å². The molecular weight excluding hydrogens is 474 g/mol. The van der Waals surface area contributed by atoms with Gasteiger partial charge in [-0.15, -0.1) is 0 Å². The van der Waals surface area contributed by atoms with Gasteiger partial charge in [0.2, 0.25) is 5.91 Å². The lowest BCUT2D eigenvalue weighted by atomic mass is 10.0. The fourth-order valence-electron chi connectivity index (χ4n) is 4.09. The topological polar surface area (TPSA) is 79.0 Å². The Hall–Kier alpha value is -3.36. The molecule has 36 heavy (non-hydrogen) atoms. The van der Waals surface area contributed by atoms with Crippen LogP contribution in [0.5, 0.6) is 0 Å². The number of ether oxygens (including phenoxy) is 1. The van der Waals surface area contributed by atoms with Crippen molar-refractivity contribution in [2.75, 3.05) is 47.4 Å². The molecule has 1 fully saturated rings. The Morgan fingerprint density at radius 2 is 1.56 bits per heavy atom. The minimum atomic E-state index is -3.96. The number of nitrogens with one attached hydrogen (secondary N) is 1. The first-order valence-electron chi connectivity index (χ1n) is 12.2. The van der Waals surface area contributed by atoms with Crippen LogP contribution in [0.1, 0.15) is 30.9 Å². The summed E-state index contributed by atoms with van der Waals surface area (Å²) in [4.78, 5) is 15.4. The van der Waals surface area contributed by atoms with E-state index in [1.54, 1.807) is 36.4 Å². The van der Waals surface area contributed by atoms with E-state index in [-0.39, 0.29) is 11.4 Å². The van der Waals surface area contributed by atoms with E-state index in [4.69, 9.17) is 4.74 Å². The van der Waals surface area contributed by atoms with Gasteiger partial charge in [-0.2, -0.15) is 0 Å². The molecule has 190 valence electrons. The molecule has 0 saturated carbocycles. The van der Waals surface area contributed by atoms with Gasteiger partial charge in [-0.1, -0.05) is 43.7 Å². The van der Waals surface area contributed by atoms with Crippen LogP contribution in [-0.4, -0.2) is 47.2 Å². The standard InChI is InChI=1S/C28H33N3O4S/c1-21(2)23-6-10-26(11-7-23)31(36(33,34)27-14-4-22(3)5-15-27)20-28(32)29-24-8-12-25(13-9-24)30-16-18-35-19-17-30/h4-15,21H,16-20H2,1-3H3,(H,29,32). The highest BCUT2D eigenvalue weighted by molar-refractivity contribution is 7.92. The molecule has 0 aromatic heterocycles. The third kappa shape index (κ3) is 6.06. The van der Waals surface area contributed by atoms with Crippen LogP contribution in [0, 0.1) is 6.92 Å². The van der Waals surface area contributed by atoms with Crippen LogP contribution in [-0.2, 0) is 19.6 Å². The summed E-state index contributed by atoms with van der Waals surface area (Å²) < 4.78 is 33.8. The van der Waals surface area contributed by atoms with E-state index >= 15 is 0 Å². The second kappa shape index (κ2) is 11.1. The van der Waals surface area contributed by atoms with E-state index < -0.39 is 15.9 Å². The molecule has 0 atom stereocenters. The minimum absolute atomic E-state index is 0.142. The lowest BCUT2D eigenvalue weighted by Gasteiger charge is -2.29. The first-order chi connectivity index (χ1) is 17.2. The molecule has 1 amide bonds. The Kier molecular flexibility index (Phi) is 7.96. The average molecular weight is 508 g/mol. The highest BCUT2D eigenvalue weighted by Gasteiger charge is 2.27. The highest BCUT2D eigenvalue weighted by atomic mass is 32.2. The van der Waals surface area contributed by atoms with Crippen molar-refractivity contribution in [3.8, 4) is 0 Å². The Morgan fingerprint density at radius 3 is 2.14 bits per heavy atom. The number of benzene rings is 3. The number of hydrogen-bond donors (Lipinski definition) is 1. The van der Waals surface area contributed by atoms with Crippen LogP contribution < -0.4 is 14.5 Å². The first kappa shape index (κ1) is 25.7. The molecule has 1 aliphatic heterocycles. The van der Waals surface area contributed by atoms with Crippen molar-refractivity contribution in [3.05, 3.63) is 83.9 Å². The van der Waals surface area contributed by atoms with Crippen molar-refractivity contribution < 1.29 is 17.9 Å². The van der Waals surface area contributed by atoms with Gasteiger partial charge >= 0.3 is 0 Å². The fourth-order valence-corrected chi connectivity index (χ4v) is 5.51. The summed E-state index contributed by atoms with van der Waals surface area (Å²) in [5.74, 6) is -0.109. The number of nitrogens with zero attached hydrogens (tertiary/aromatic N) is 2. The lowest BCUT2D eigenvalue weighted by molar-refractivity contribution is -0.114. The zero-order valence-corrected chi connectivity index (χ0v) is 21.8. The second-order valence-corrected chi connectivity index (χ2v) is 11.1. The van der Waals surface area contributed by atoms with Gasteiger partial charge in [-0.25, -0.2) is 8.42 Å². The average Bonchev–Trinajstić information content (AvgIpc) is 2.88. The Morgan fingerprint density at radius 1 is 0.944 bits per heavy atom. The van der Waals surface area contributed by atoms with Crippen molar-refractivity contribution in [3.63, 3.8) is 0 Å². The van der Waals surface area contributed by atoms with Crippen LogP contribution in [0.3, 0.4) is 0 Å². The number of sulfonamides is 1. The molecule has 1 N–H and O–H groups in total. The van der Waals surface area contributed by atoms with E-state index in [0.717, 1.165) is 29.9 Å². The third-order valence-corrected chi connectivity index (χ3v) is 8.06.